The molecule has 1 atom stereocenters. The first-order valence-corrected chi connectivity index (χ1v) is 8.24. The van der Waals surface area contributed by atoms with Gasteiger partial charge in [0, 0.05) is 6.07 Å². The third-order valence-corrected chi connectivity index (χ3v) is 3.89. The number of rotatable bonds is 7. The van der Waals surface area contributed by atoms with Crippen LogP contribution >= 0.6 is 0 Å². The zero-order valence-corrected chi connectivity index (χ0v) is 15.3. The van der Waals surface area contributed by atoms with E-state index in [1.54, 1.807) is 39.3 Å². The van der Waals surface area contributed by atoms with Crippen LogP contribution in [0.15, 0.2) is 42.5 Å². The number of benzene rings is 2. The van der Waals surface area contributed by atoms with Crippen LogP contribution in [0.2, 0.25) is 0 Å². The molecule has 0 bridgehead atoms. The van der Waals surface area contributed by atoms with Gasteiger partial charge in [-0.05, 0) is 42.7 Å². The minimum Gasteiger partial charge on any atom is -0.497 e. The highest BCUT2D eigenvalue weighted by Crippen LogP contribution is 2.29. The monoisotopic (exact) mass is 343 g/mol. The number of amides is 1. The van der Waals surface area contributed by atoms with Crippen LogP contribution in [0.5, 0.6) is 17.2 Å². The van der Waals surface area contributed by atoms with E-state index in [0.717, 1.165) is 0 Å². The second-order valence-electron chi connectivity index (χ2n) is 6.04. The van der Waals surface area contributed by atoms with E-state index in [1.165, 1.54) is 5.56 Å². The molecule has 2 rings (SSSR count). The van der Waals surface area contributed by atoms with E-state index in [1.807, 2.05) is 24.3 Å². The van der Waals surface area contributed by atoms with E-state index in [2.05, 4.69) is 19.2 Å². The average molecular weight is 343 g/mol. The van der Waals surface area contributed by atoms with E-state index in [-0.39, 0.29) is 5.91 Å². The minimum absolute atomic E-state index is 0.264. The van der Waals surface area contributed by atoms with Crippen molar-refractivity contribution in [2.75, 3.05) is 19.5 Å². The molecule has 1 N–H and O–H groups in total. The largest absolute Gasteiger partial charge is 0.497 e. The van der Waals surface area contributed by atoms with Crippen molar-refractivity contribution in [1.29, 1.82) is 0 Å². The van der Waals surface area contributed by atoms with E-state index in [0.29, 0.717) is 28.9 Å². The number of nitrogens with one attached hydrogen (secondary N) is 1. The van der Waals surface area contributed by atoms with Crippen LogP contribution in [0.1, 0.15) is 32.3 Å². The Morgan fingerprint density at radius 1 is 0.920 bits per heavy atom. The van der Waals surface area contributed by atoms with Crippen molar-refractivity contribution in [3.05, 3.63) is 48.0 Å². The van der Waals surface area contributed by atoms with E-state index in [4.69, 9.17) is 14.2 Å². The van der Waals surface area contributed by atoms with E-state index >= 15 is 0 Å². The highest BCUT2D eigenvalue weighted by atomic mass is 16.5. The summed E-state index contributed by atoms with van der Waals surface area (Å²) in [6.07, 6.45) is -0.652. The Labute approximate surface area is 148 Å². The topological polar surface area (TPSA) is 56.8 Å². The van der Waals surface area contributed by atoms with Crippen molar-refractivity contribution in [2.24, 2.45) is 0 Å². The summed E-state index contributed by atoms with van der Waals surface area (Å²) in [5.74, 6) is 2.04. The van der Waals surface area contributed by atoms with Crippen LogP contribution in [0, 0.1) is 0 Å². The Kier molecular flexibility index (Phi) is 6.28. The number of hydrogen-bond donors (Lipinski definition) is 1. The summed E-state index contributed by atoms with van der Waals surface area (Å²) in [5.41, 5.74) is 1.77. The predicted molar refractivity (Wildman–Crippen MR) is 98.8 cm³/mol. The van der Waals surface area contributed by atoms with Crippen molar-refractivity contribution in [3.63, 3.8) is 0 Å². The lowest BCUT2D eigenvalue weighted by Gasteiger charge is -2.17. The number of anilines is 1. The number of hydrogen-bond acceptors (Lipinski definition) is 4. The fourth-order valence-corrected chi connectivity index (χ4v) is 2.34. The second-order valence-corrected chi connectivity index (χ2v) is 6.04. The van der Waals surface area contributed by atoms with Crippen LogP contribution in [-0.4, -0.2) is 26.2 Å². The lowest BCUT2D eigenvalue weighted by Crippen LogP contribution is -2.30. The Bertz CT molecular complexity index is 710. The molecule has 2 aromatic rings. The molecule has 2 aromatic carbocycles. The van der Waals surface area contributed by atoms with Gasteiger partial charge >= 0.3 is 0 Å². The number of carbonyl (C=O) groups excluding carboxylic acids is 1. The fraction of sp³-hybridized carbons (Fsp3) is 0.350. The Hall–Kier alpha value is -2.69. The molecule has 0 aliphatic rings. The molecular weight excluding hydrogens is 318 g/mol. The van der Waals surface area contributed by atoms with Gasteiger partial charge in [-0.25, -0.2) is 0 Å². The molecule has 0 spiro atoms. The first-order chi connectivity index (χ1) is 11.9. The van der Waals surface area contributed by atoms with Crippen molar-refractivity contribution >= 4 is 11.6 Å². The summed E-state index contributed by atoms with van der Waals surface area (Å²) in [7, 11) is 3.12. The highest BCUT2D eigenvalue weighted by molar-refractivity contribution is 5.95. The summed E-state index contributed by atoms with van der Waals surface area (Å²) in [6, 6.07) is 13.0. The molecule has 0 fully saturated rings. The fourth-order valence-electron chi connectivity index (χ4n) is 2.34. The molecular formula is C20H25NO4. The van der Waals surface area contributed by atoms with Gasteiger partial charge in [-0.2, -0.15) is 0 Å². The Morgan fingerprint density at radius 3 is 2.12 bits per heavy atom. The minimum atomic E-state index is -0.652. The zero-order chi connectivity index (χ0) is 18.4. The molecule has 5 heteroatoms. The number of methoxy groups -OCH3 is 2. The van der Waals surface area contributed by atoms with Crippen LogP contribution in [0.3, 0.4) is 0 Å². The molecule has 0 radical (unpaired) electrons. The molecule has 5 nitrogen and oxygen atoms in total. The number of carbonyl (C=O) groups is 1. The van der Waals surface area contributed by atoms with Gasteiger partial charge in [0.15, 0.2) is 6.10 Å². The summed E-state index contributed by atoms with van der Waals surface area (Å²) < 4.78 is 16.2. The van der Waals surface area contributed by atoms with Crippen molar-refractivity contribution in [2.45, 2.75) is 32.8 Å². The Balaban J connectivity index is 2.05. The summed E-state index contributed by atoms with van der Waals surface area (Å²) in [6.45, 7) is 5.97. The van der Waals surface area contributed by atoms with Gasteiger partial charge in [-0.15, -0.1) is 0 Å². The SMILES string of the molecule is COc1ccc(OC)c(NC(=O)C(C)Oc2ccc(C(C)C)cc2)c1. The van der Waals surface area contributed by atoms with Crippen molar-refractivity contribution < 1.29 is 19.0 Å². The maximum Gasteiger partial charge on any atom is 0.265 e. The molecule has 1 unspecified atom stereocenters. The second kappa shape index (κ2) is 8.42. The Morgan fingerprint density at radius 2 is 1.56 bits per heavy atom. The van der Waals surface area contributed by atoms with Crippen LogP contribution in [0.4, 0.5) is 5.69 Å². The van der Waals surface area contributed by atoms with Crippen molar-refractivity contribution in [1.82, 2.24) is 0 Å². The quantitative estimate of drug-likeness (QED) is 0.817. The summed E-state index contributed by atoms with van der Waals surface area (Å²) in [4.78, 5) is 12.4. The summed E-state index contributed by atoms with van der Waals surface area (Å²) in [5, 5.41) is 2.82. The molecule has 1 amide bonds. The molecule has 0 aromatic heterocycles. The smallest absolute Gasteiger partial charge is 0.265 e. The van der Waals surface area contributed by atoms with Gasteiger partial charge in [-0.1, -0.05) is 26.0 Å². The van der Waals surface area contributed by atoms with E-state index in [9.17, 15) is 4.79 Å². The normalized spacial score (nSPS) is 11.8. The summed E-state index contributed by atoms with van der Waals surface area (Å²) >= 11 is 0. The molecule has 25 heavy (non-hydrogen) atoms. The van der Waals surface area contributed by atoms with Gasteiger partial charge in [-0.3, -0.25) is 4.79 Å². The lowest BCUT2D eigenvalue weighted by atomic mass is 10.0. The van der Waals surface area contributed by atoms with Gasteiger partial charge in [0.1, 0.15) is 17.2 Å². The van der Waals surface area contributed by atoms with Gasteiger partial charge in [0.05, 0.1) is 19.9 Å². The first kappa shape index (κ1) is 18.6. The standard InChI is InChI=1S/C20H25NO4/c1-13(2)15-6-8-16(9-7-15)25-14(3)20(22)21-18-12-17(23-4)10-11-19(18)24-5/h6-14H,1-5H3,(H,21,22). The lowest BCUT2D eigenvalue weighted by molar-refractivity contribution is -0.122. The molecule has 0 aliphatic carbocycles. The predicted octanol–water partition coefficient (Wildman–Crippen LogP) is 4.23. The van der Waals surface area contributed by atoms with Crippen LogP contribution in [-0.2, 0) is 4.79 Å². The molecule has 0 saturated heterocycles. The van der Waals surface area contributed by atoms with Gasteiger partial charge < -0.3 is 19.5 Å². The molecule has 0 aliphatic heterocycles. The average Bonchev–Trinajstić information content (AvgIpc) is 2.61. The van der Waals surface area contributed by atoms with Crippen molar-refractivity contribution in [3.8, 4) is 17.2 Å². The van der Waals surface area contributed by atoms with Gasteiger partial charge in [0.2, 0.25) is 0 Å². The van der Waals surface area contributed by atoms with Crippen LogP contribution in [0.25, 0.3) is 0 Å². The van der Waals surface area contributed by atoms with Crippen LogP contribution < -0.4 is 19.5 Å². The third-order valence-electron chi connectivity index (χ3n) is 3.89. The zero-order valence-electron chi connectivity index (χ0n) is 15.3. The number of ether oxygens (including phenoxy) is 3. The third kappa shape index (κ3) is 4.89. The first-order valence-electron chi connectivity index (χ1n) is 8.24. The molecule has 0 heterocycles. The van der Waals surface area contributed by atoms with E-state index < -0.39 is 6.10 Å². The maximum atomic E-state index is 12.4. The maximum absolute atomic E-state index is 12.4. The molecule has 0 saturated carbocycles. The molecule has 134 valence electrons. The van der Waals surface area contributed by atoms with Gasteiger partial charge in [0.25, 0.3) is 5.91 Å². The highest BCUT2D eigenvalue weighted by Gasteiger charge is 2.17.